The molecule has 0 aromatic heterocycles. The van der Waals surface area contributed by atoms with Crippen LogP contribution in [-0.2, 0) is 9.59 Å². The summed E-state index contributed by atoms with van der Waals surface area (Å²) in [5, 5.41) is 19.2. The molecule has 0 heterocycles. The van der Waals surface area contributed by atoms with Gasteiger partial charge in [0.05, 0.1) is 39.3 Å². The van der Waals surface area contributed by atoms with Crippen LogP contribution in [0.2, 0.25) is 10.0 Å². The number of nitrogens with zero attached hydrogens (tertiary/aromatic N) is 2. The molecule has 2 aromatic rings. The van der Waals surface area contributed by atoms with Crippen molar-refractivity contribution in [2.75, 3.05) is 0 Å². The van der Waals surface area contributed by atoms with E-state index < -0.39 is 17.5 Å². The van der Waals surface area contributed by atoms with E-state index in [9.17, 15) is 19.8 Å². The van der Waals surface area contributed by atoms with Crippen molar-refractivity contribution in [3.63, 3.8) is 0 Å². The van der Waals surface area contributed by atoms with E-state index in [-0.39, 0.29) is 39.4 Å². The molecule has 0 saturated heterocycles. The molecule has 1 aliphatic carbocycles. The van der Waals surface area contributed by atoms with Crippen molar-refractivity contribution in [1.29, 1.82) is 0 Å². The Bertz CT molecular complexity index is 935. The third kappa shape index (κ3) is 4.02. The van der Waals surface area contributed by atoms with E-state index in [4.69, 9.17) is 23.2 Å². The quantitative estimate of drug-likeness (QED) is 0.722. The number of hydrogen-bond acceptors (Lipinski definition) is 6. The van der Waals surface area contributed by atoms with Gasteiger partial charge in [0, 0.05) is 18.1 Å². The van der Waals surface area contributed by atoms with Gasteiger partial charge in [0.15, 0.2) is 11.6 Å². The molecular weight excluding hydrogens is 391 g/mol. The molecule has 1 aliphatic rings. The molecule has 8 heteroatoms. The van der Waals surface area contributed by atoms with Gasteiger partial charge >= 0.3 is 0 Å². The van der Waals surface area contributed by atoms with Crippen LogP contribution in [0.5, 0.6) is 11.5 Å². The Morgan fingerprint density at radius 3 is 1.63 bits per heavy atom. The van der Waals surface area contributed by atoms with Gasteiger partial charge in [0.1, 0.15) is 11.5 Å². The number of rotatable bonds is 2. The van der Waals surface area contributed by atoms with E-state index in [2.05, 4.69) is 9.98 Å². The van der Waals surface area contributed by atoms with E-state index in [0.717, 1.165) is 0 Å². The second-order valence-electron chi connectivity index (χ2n) is 6.01. The molecule has 138 valence electrons. The summed E-state index contributed by atoms with van der Waals surface area (Å²) in [5.41, 5.74) is 0.911. The maximum Gasteiger partial charge on any atom is 0.185 e. The first-order valence-corrected chi connectivity index (χ1v) is 8.72. The van der Waals surface area contributed by atoms with Crippen LogP contribution in [0, 0.1) is 5.92 Å². The van der Waals surface area contributed by atoms with Gasteiger partial charge in [0.2, 0.25) is 0 Å². The molecule has 2 aromatic carbocycles. The number of ketones is 2. The largest absolute Gasteiger partial charge is 0.508 e. The molecule has 6 nitrogen and oxygen atoms in total. The Hall–Kier alpha value is -2.70. The Balaban J connectivity index is 2.04. The highest BCUT2D eigenvalue weighted by molar-refractivity contribution is 6.62. The number of halogens is 2. The summed E-state index contributed by atoms with van der Waals surface area (Å²) < 4.78 is 0. The lowest BCUT2D eigenvalue weighted by Gasteiger charge is -2.21. The van der Waals surface area contributed by atoms with Gasteiger partial charge in [-0.2, -0.15) is 0 Å². The maximum atomic E-state index is 12.3. The average Bonchev–Trinajstić information content (AvgIpc) is 2.58. The molecule has 0 bridgehead atoms. The lowest BCUT2D eigenvalue weighted by molar-refractivity contribution is -0.120. The molecular formula is C19H14Cl2N2O4. The van der Waals surface area contributed by atoms with Crippen molar-refractivity contribution in [3.05, 3.63) is 46.4 Å². The second-order valence-corrected chi connectivity index (χ2v) is 6.82. The summed E-state index contributed by atoms with van der Waals surface area (Å²) in [6, 6.07) is 8.40. The van der Waals surface area contributed by atoms with Crippen LogP contribution in [0.3, 0.4) is 0 Å². The molecule has 3 rings (SSSR count). The van der Waals surface area contributed by atoms with Crippen molar-refractivity contribution in [3.8, 4) is 11.5 Å². The summed E-state index contributed by atoms with van der Waals surface area (Å²) in [5.74, 6) is -1.54. The van der Waals surface area contributed by atoms with Crippen LogP contribution in [0.1, 0.15) is 13.3 Å². The maximum absolute atomic E-state index is 12.3. The molecule has 2 N–H and O–H groups in total. The monoisotopic (exact) mass is 404 g/mol. The summed E-state index contributed by atoms with van der Waals surface area (Å²) in [6.07, 6.45) is -0.354. The van der Waals surface area contributed by atoms with Gasteiger partial charge in [-0.3, -0.25) is 9.59 Å². The van der Waals surface area contributed by atoms with Gasteiger partial charge < -0.3 is 10.2 Å². The molecule has 0 unspecified atom stereocenters. The number of phenolic OH excluding ortho intramolecular Hbond substituents is 2. The van der Waals surface area contributed by atoms with E-state index in [1.165, 1.54) is 36.4 Å². The Morgan fingerprint density at radius 2 is 1.26 bits per heavy atom. The van der Waals surface area contributed by atoms with Crippen LogP contribution in [0.15, 0.2) is 46.4 Å². The molecule has 0 amide bonds. The van der Waals surface area contributed by atoms with E-state index in [0.29, 0.717) is 11.4 Å². The first-order chi connectivity index (χ1) is 12.8. The van der Waals surface area contributed by atoms with Gasteiger partial charge in [-0.1, -0.05) is 30.1 Å². The normalized spacial score (nSPS) is 20.5. The summed E-state index contributed by atoms with van der Waals surface area (Å²) in [6.45, 7) is 1.65. The van der Waals surface area contributed by atoms with Gasteiger partial charge in [0.25, 0.3) is 0 Å². The highest BCUT2D eigenvalue weighted by Crippen LogP contribution is 2.32. The number of carbonyl (C=O) groups excluding carboxylic acids is 2. The summed E-state index contributed by atoms with van der Waals surface area (Å²) >= 11 is 12.1. The highest BCUT2D eigenvalue weighted by Gasteiger charge is 2.35. The molecule has 0 radical (unpaired) electrons. The van der Waals surface area contributed by atoms with Crippen LogP contribution in [-0.4, -0.2) is 33.2 Å². The van der Waals surface area contributed by atoms with Crippen LogP contribution in [0.25, 0.3) is 0 Å². The van der Waals surface area contributed by atoms with Crippen molar-refractivity contribution in [2.24, 2.45) is 15.9 Å². The minimum Gasteiger partial charge on any atom is -0.508 e. The molecule has 0 spiro atoms. The number of hydrogen-bond donors (Lipinski definition) is 2. The number of benzene rings is 2. The first-order valence-electron chi connectivity index (χ1n) is 7.97. The molecule has 0 atom stereocenters. The first kappa shape index (κ1) is 19.1. The SMILES string of the molecule is CC1C(=Nc2ccc(O)cc2Cl)C(=O)CC(=O)C1=Nc1ccc(O)cc1Cl. The predicted molar refractivity (Wildman–Crippen MR) is 104 cm³/mol. The van der Waals surface area contributed by atoms with Crippen LogP contribution >= 0.6 is 23.2 Å². The Labute approximate surface area is 164 Å². The number of Topliss-reactive ketones (excluding diaryl/α,β-unsaturated/α-hetero) is 2. The van der Waals surface area contributed by atoms with E-state index >= 15 is 0 Å². The van der Waals surface area contributed by atoms with E-state index in [1.807, 2.05) is 0 Å². The fourth-order valence-corrected chi connectivity index (χ4v) is 3.12. The number of aromatic hydroxyl groups is 2. The van der Waals surface area contributed by atoms with E-state index in [1.54, 1.807) is 6.92 Å². The molecule has 1 saturated carbocycles. The summed E-state index contributed by atoms with van der Waals surface area (Å²) in [4.78, 5) is 33.3. The topological polar surface area (TPSA) is 99.3 Å². The smallest absolute Gasteiger partial charge is 0.185 e. The number of aliphatic imine (C=N–C) groups is 2. The fraction of sp³-hybridized carbons (Fsp3) is 0.158. The minimum atomic E-state index is -0.673. The third-order valence-corrected chi connectivity index (χ3v) is 4.66. The average molecular weight is 405 g/mol. The minimum absolute atomic E-state index is 0.0219. The van der Waals surface area contributed by atoms with Gasteiger partial charge in [-0.25, -0.2) is 9.98 Å². The zero-order chi connectivity index (χ0) is 19.7. The lowest BCUT2D eigenvalue weighted by Crippen LogP contribution is -2.40. The predicted octanol–water partition coefficient (Wildman–Crippen LogP) is 4.43. The fourth-order valence-electron chi connectivity index (χ4n) is 2.69. The van der Waals surface area contributed by atoms with Crippen molar-refractivity contribution in [2.45, 2.75) is 13.3 Å². The van der Waals surface area contributed by atoms with Crippen molar-refractivity contribution >= 4 is 57.6 Å². The van der Waals surface area contributed by atoms with Crippen LogP contribution < -0.4 is 0 Å². The summed E-state index contributed by atoms with van der Waals surface area (Å²) in [7, 11) is 0. The standard InChI is InChI=1S/C19H14Cl2N2O4/c1-9-18(22-14-4-2-10(24)6-12(14)20)16(26)8-17(27)19(9)23-15-5-3-11(25)7-13(15)21/h2-7,9,24-25H,8H2,1H3. The Kier molecular flexibility index (Phi) is 5.30. The highest BCUT2D eigenvalue weighted by atomic mass is 35.5. The third-order valence-electron chi connectivity index (χ3n) is 4.06. The molecule has 0 aliphatic heterocycles. The zero-order valence-corrected chi connectivity index (χ0v) is 15.6. The van der Waals surface area contributed by atoms with Crippen molar-refractivity contribution < 1.29 is 19.8 Å². The number of phenols is 2. The van der Waals surface area contributed by atoms with Crippen LogP contribution in [0.4, 0.5) is 11.4 Å². The lowest BCUT2D eigenvalue weighted by atomic mass is 9.84. The number of carbonyl (C=O) groups is 2. The second kappa shape index (κ2) is 7.50. The van der Waals surface area contributed by atoms with Gasteiger partial charge in [-0.15, -0.1) is 0 Å². The van der Waals surface area contributed by atoms with Gasteiger partial charge in [-0.05, 0) is 24.3 Å². The molecule has 27 heavy (non-hydrogen) atoms. The molecule has 1 fully saturated rings. The van der Waals surface area contributed by atoms with Crippen molar-refractivity contribution in [1.82, 2.24) is 0 Å². The Morgan fingerprint density at radius 1 is 0.852 bits per heavy atom. The zero-order valence-electron chi connectivity index (χ0n) is 14.1.